The molecular weight excluding hydrogens is 162 g/mol. The van der Waals surface area contributed by atoms with Gasteiger partial charge >= 0.3 is 0 Å². The summed E-state index contributed by atoms with van der Waals surface area (Å²) in [7, 11) is 0. The van der Waals surface area contributed by atoms with Gasteiger partial charge in [0.25, 0.3) is 0 Å². The van der Waals surface area contributed by atoms with Crippen molar-refractivity contribution in [3.63, 3.8) is 0 Å². The fraction of sp³-hybridized carbons (Fsp3) is 0.0909. The summed E-state index contributed by atoms with van der Waals surface area (Å²) in [5.41, 5.74) is 3.28. The predicted octanol–water partition coefficient (Wildman–Crippen LogP) is 3.22. The van der Waals surface area contributed by atoms with Crippen LogP contribution in [0.25, 0.3) is 21.9 Å². The second kappa shape index (κ2) is 2.16. The molecule has 0 radical (unpaired) electrons. The van der Waals surface area contributed by atoms with Crippen molar-refractivity contribution in [2.45, 2.75) is 6.92 Å². The maximum absolute atomic E-state index is 5.42. The smallest absolute Gasteiger partial charge is 0.143 e. The number of hydrogen-bond donors (Lipinski definition) is 1. The molecule has 13 heavy (non-hydrogen) atoms. The zero-order valence-corrected chi connectivity index (χ0v) is 7.29. The standard InChI is InChI=1S/C11H9NO/c1-7-6-9-10(12-7)3-2-8-4-5-13-11(8)9/h2-6,12H,1H3. The molecule has 2 aromatic heterocycles. The highest BCUT2D eigenvalue weighted by molar-refractivity contribution is 6.03. The highest BCUT2D eigenvalue weighted by atomic mass is 16.3. The van der Waals surface area contributed by atoms with Crippen LogP contribution >= 0.6 is 0 Å². The van der Waals surface area contributed by atoms with Crippen molar-refractivity contribution in [3.8, 4) is 0 Å². The van der Waals surface area contributed by atoms with E-state index >= 15 is 0 Å². The van der Waals surface area contributed by atoms with E-state index in [2.05, 4.69) is 30.1 Å². The van der Waals surface area contributed by atoms with Crippen LogP contribution in [0.15, 0.2) is 34.9 Å². The normalized spacial score (nSPS) is 11.5. The number of nitrogens with one attached hydrogen (secondary N) is 1. The van der Waals surface area contributed by atoms with E-state index in [1.807, 2.05) is 6.07 Å². The molecule has 2 heteroatoms. The maximum atomic E-state index is 5.42. The molecule has 0 aliphatic rings. The van der Waals surface area contributed by atoms with Crippen LogP contribution < -0.4 is 0 Å². The molecule has 3 aromatic rings. The lowest BCUT2D eigenvalue weighted by molar-refractivity contribution is 0.619. The largest absolute Gasteiger partial charge is 0.464 e. The van der Waals surface area contributed by atoms with Gasteiger partial charge in [0.1, 0.15) is 5.58 Å². The SMILES string of the molecule is Cc1cc2c(ccc3ccoc32)[nH]1. The van der Waals surface area contributed by atoms with Gasteiger partial charge in [0.05, 0.1) is 6.26 Å². The molecule has 0 saturated carbocycles. The molecule has 0 unspecified atom stereocenters. The Morgan fingerprint density at radius 2 is 2.15 bits per heavy atom. The van der Waals surface area contributed by atoms with E-state index in [0.717, 1.165) is 16.5 Å². The summed E-state index contributed by atoms with van der Waals surface area (Å²) in [6, 6.07) is 8.25. The van der Waals surface area contributed by atoms with Gasteiger partial charge in [-0.05, 0) is 31.2 Å². The van der Waals surface area contributed by atoms with E-state index in [0.29, 0.717) is 0 Å². The van der Waals surface area contributed by atoms with Gasteiger partial charge in [-0.15, -0.1) is 0 Å². The Bertz CT molecular complexity index is 574. The molecule has 0 aliphatic heterocycles. The van der Waals surface area contributed by atoms with E-state index in [-0.39, 0.29) is 0 Å². The molecule has 0 amide bonds. The molecule has 2 nitrogen and oxygen atoms in total. The van der Waals surface area contributed by atoms with Crippen molar-refractivity contribution in [1.29, 1.82) is 0 Å². The first-order chi connectivity index (χ1) is 6.34. The van der Waals surface area contributed by atoms with Crippen LogP contribution in [-0.4, -0.2) is 4.98 Å². The second-order valence-corrected chi connectivity index (χ2v) is 3.32. The molecule has 1 N–H and O–H groups in total. The lowest BCUT2D eigenvalue weighted by Gasteiger charge is -1.89. The number of benzene rings is 1. The monoisotopic (exact) mass is 171 g/mol. The number of aromatic nitrogens is 1. The Morgan fingerprint density at radius 1 is 1.23 bits per heavy atom. The fourth-order valence-corrected chi connectivity index (χ4v) is 1.77. The lowest BCUT2D eigenvalue weighted by atomic mass is 10.2. The average molecular weight is 171 g/mol. The minimum absolute atomic E-state index is 0.974. The number of hydrogen-bond acceptors (Lipinski definition) is 1. The van der Waals surface area contributed by atoms with Gasteiger partial charge in [-0.2, -0.15) is 0 Å². The summed E-state index contributed by atoms with van der Waals surface area (Å²) in [6.45, 7) is 2.05. The molecule has 1 aromatic carbocycles. The molecule has 3 rings (SSSR count). The summed E-state index contributed by atoms with van der Waals surface area (Å²) in [5, 5.41) is 2.33. The summed E-state index contributed by atoms with van der Waals surface area (Å²) in [6.07, 6.45) is 1.73. The maximum Gasteiger partial charge on any atom is 0.143 e. The Kier molecular flexibility index (Phi) is 1.13. The molecule has 2 heterocycles. The highest BCUT2D eigenvalue weighted by Gasteiger charge is 2.04. The number of fused-ring (bicyclic) bond motifs is 3. The number of furan rings is 1. The summed E-state index contributed by atoms with van der Waals surface area (Å²) in [4.78, 5) is 3.28. The van der Waals surface area contributed by atoms with E-state index < -0.39 is 0 Å². The molecule has 0 fully saturated rings. The first kappa shape index (κ1) is 6.78. The lowest BCUT2D eigenvalue weighted by Crippen LogP contribution is -1.68. The van der Waals surface area contributed by atoms with Gasteiger partial charge in [0.15, 0.2) is 0 Å². The zero-order valence-electron chi connectivity index (χ0n) is 7.29. The van der Waals surface area contributed by atoms with Crippen LogP contribution in [0.2, 0.25) is 0 Å². The van der Waals surface area contributed by atoms with Gasteiger partial charge in [-0.1, -0.05) is 0 Å². The van der Waals surface area contributed by atoms with Crippen LogP contribution in [0.3, 0.4) is 0 Å². The van der Waals surface area contributed by atoms with E-state index in [4.69, 9.17) is 4.42 Å². The molecule has 0 atom stereocenters. The van der Waals surface area contributed by atoms with Crippen molar-refractivity contribution >= 4 is 21.9 Å². The highest BCUT2D eigenvalue weighted by Crippen LogP contribution is 2.26. The van der Waals surface area contributed by atoms with Gasteiger partial charge < -0.3 is 9.40 Å². The summed E-state index contributed by atoms with van der Waals surface area (Å²) in [5.74, 6) is 0. The van der Waals surface area contributed by atoms with Crippen LogP contribution in [0.5, 0.6) is 0 Å². The van der Waals surface area contributed by atoms with Crippen LogP contribution in [0, 0.1) is 6.92 Å². The van der Waals surface area contributed by atoms with Crippen LogP contribution in [0.1, 0.15) is 5.69 Å². The molecule has 0 aliphatic carbocycles. The second-order valence-electron chi connectivity index (χ2n) is 3.32. The van der Waals surface area contributed by atoms with Crippen molar-refractivity contribution in [3.05, 3.63) is 36.2 Å². The van der Waals surface area contributed by atoms with E-state index in [9.17, 15) is 0 Å². The topological polar surface area (TPSA) is 28.9 Å². The molecule has 0 bridgehead atoms. The first-order valence-corrected chi connectivity index (χ1v) is 4.30. The Labute approximate surface area is 75.2 Å². The molecule has 64 valence electrons. The van der Waals surface area contributed by atoms with Crippen molar-refractivity contribution in [1.82, 2.24) is 4.98 Å². The number of rotatable bonds is 0. The molecule has 0 spiro atoms. The van der Waals surface area contributed by atoms with Crippen LogP contribution in [0.4, 0.5) is 0 Å². The van der Waals surface area contributed by atoms with Gasteiger partial charge in [-0.25, -0.2) is 0 Å². The summed E-state index contributed by atoms with van der Waals surface area (Å²) < 4.78 is 5.42. The Balaban J connectivity index is 2.64. The van der Waals surface area contributed by atoms with E-state index in [1.54, 1.807) is 6.26 Å². The zero-order chi connectivity index (χ0) is 8.84. The Hall–Kier alpha value is -1.70. The number of H-pyrrole nitrogens is 1. The average Bonchev–Trinajstić information content (AvgIpc) is 2.65. The first-order valence-electron chi connectivity index (χ1n) is 4.30. The molecule has 0 saturated heterocycles. The molecular formula is C11H9NO. The van der Waals surface area contributed by atoms with Crippen LogP contribution in [-0.2, 0) is 0 Å². The minimum Gasteiger partial charge on any atom is -0.464 e. The third-order valence-electron chi connectivity index (χ3n) is 2.35. The van der Waals surface area contributed by atoms with Gasteiger partial charge in [0, 0.05) is 22.0 Å². The number of aromatic amines is 1. The summed E-state index contributed by atoms with van der Waals surface area (Å²) >= 11 is 0. The van der Waals surface area contributed by atoms with Crippen molar-refractivity contribution < 1.29 is 4.42 Å². The quantitative estimate of drug-likeness (QED) is 0.552. The van der Waals surface area contributed by atoms with Gasteiger partial charge in [0.2, 0.25) is 0 Å². The van der Waals surface area contributed by atoms with E-state index in [1.165, 1.54) is 11.1 Å². The van der Waals surface area contributed by atoms with Crippen molar-refractivity contribution in [2.75, 3.05) is 0 Å². The minimum atomic E-state index is 0.974. The fourth-order valence-electron chi connectivity index (χ4n) is 1.77. The van der Waals surface area contributed by atoms with Crippen molar-refractivity contribution in [2.24, 2.45) is 0 Å². The van der Waals surface area contributed by atoms with Gasteiger partial charge in [-0.3, -0.25) is 0 Å². The Morgan fingerprint density at radius 3 is 3.08 bits per heavy atom. The third kappa shape index (κ3) is 0.827. The number of aryl methyl sites for hydroxylation is 1. The third-order valence-corrected chi connectivity index (χ3v) is 2.35. The predicted molar refractivity (Wildman–Crippen MR) is 52.8 cm³/mol.